The molecule has 0 radical (unpaired) electrons. The van der Waals surface area contributed by atoms with Gasteiger partial charge in [-0.15, -0.1) is 0 Å². The molecule has 2 N–H and O–H groups in total. The zero-order chi connectivity index (χ0) is 25.1. The topological polar surface area (TPSA) is 129 Å². The number of rotatable bonds is 14. The fraction of sp³-hybridized carbons (Fsp3) is 0.875. The Labute approximate surface area is 197 Å². The molecule has 0 aromatic carbocycles. The maximum absolute atomic E-state index is 12.6. The van der Waals surface area contributed by atoms with Crippen molar-refractivity contribution in [1.29, 1.82) is 0 Å². The second kappa shape index (κ2) is 14.7. The van der Waals surface area contributed by atoms with Crippen molar-refractivity contribution in [3.05, 3.63) is 0 Å². The first-order valence-electron chi connectivity index (χ1n) is 12.0. The molecule has 1 heterocycles. The average molecular weight is 475 g/mol. The van der Waals surface area contributed by atoms with E-state index in [1.54, 1.807) is 13.8 Å². The number of hydrogen-bond donors (Lipinski definition) is 2. The van der Waals surface area contributed by atoms with Gasteiger partial charge in [0.15, 0.2) is 12.1 Å². The zero-order valence-electron chi connectivity index (χ0n) is 20.8. The largest absolute Gasteiger partial charge is 0.463 e. The first-order chi connectivity index (χ1) is 15.4. The molecular formula is C24H42O9. The molecule has 0 spiro atoms. The minimum atomic E-state index is -1.15. The molecule has 0 aromatic rings. The first-order valence-corrected chi connectivity index (χ1v) is 12.0. The van der Waals surface area contributed by atoms with E-state index >= 15 is 0 Å². The lowest BCUT2D eigenvalue weighted by atomic mass is 9.98. The predicted molar refractivity (Wildman–Crippen MR) is 120 cm³/mol. The van der Waals surface area contributed by atoms with Gasteiger partial charge in [-0.05, 0) is 40.0 Å². The predicted octanol–water partition coefficient (Wildman–Crippen LogP) is 2.68. The van der Waals surface area contributed by atoms with Gasteiger partial charge >= 0.3 is 11.9 Å². The number of Topliss-reactive ketones (excluding diaryl/α,β-unsaturated/α-hetero) is 1. The highest BCUT2D eigenvalue weighted by Crippen LogP contribution is 2.26. The van der Waals surface area contributed by atoms with Crippen LogP contribution >= 0.6 is 0 Å². The number of hydrogen-bond acceptors (Lipinski definition) is 9. The van der Waals surface area contributed by atoms with Gasteiger partial charge in [0.05, 0.1) is 24.2 Å². The highest BCUT2D eigenvalue weighted by Gasteiger charge is 2.31. The van der Waals surface area contributed by atoms with E-state index < -0.39 is 48.1 Å². The van der Waals surface area contributed by atoms with Gasteiger partial charge in [-0.25, -0.2) is 0 Å². The molecule has 1 rings (SSSR count). The van der Waals surface area contributed by atoms with Gasteiger partial charge in [0.25, 0.3) is 0 Å². The molecule has 9 nitrogen and oxygen atoms in total. The number of ketones is 1. The molecule has 33 heavy (non-hydrogen) atoms. The summed E-state index contributed by atoms with van der Waals surface area (Å²) in [6.45, 7) is 9.92. The van der Waals surface area contributed by atoms with E-state index in [0.29, 0.717) is 12.8 Å². The number of esters is 2. The van der Waals surface area contributed by atoms with Crippen molar-refractivity contribution in [3.63, 3.8) is 0 Å². The van der Waals surface area contributed by atoms with Crippen LogP contribution in [0.25, 0.3) is 0 Å². The molecule has 1 saturated heterocycles. The second-order valence-electron chi connectivity index (χ2n) is 9.25. The summed E-state index contributed by atoms with van der Waals surface area (Å²) in [5, 5.41) is 20.1. The Balaban J connectivity index is 2.75. The number of aliphatic hydroxyl groups is 2. The van der Waals surface area contributed by atoms with Crippen molar-refractivity contribution in [3.8, 4) is 0 Å². The molecule has 8 atom stereocenters. The molecule has 192 valence electrons. The fourth-order valence-electron chi connectivity index (χ4n) is 3.94. The van der Waals surface area contributed by atoms with E-state index in [1.165, 1.54) is 13.8 Å². The summed E-state index contributed by atoms with van der Waals surface area (Å²) >= 11 is 0. The molecule has 0 amide bonds. The van der Waals surface area contributed by atoms with E-state index in [4.69, 9.17) is 18.9 Å². The van der Waals surface area contributed by atoms with Crippen molar-refractivity contribution in [2.75, 3.05) is 0 Å². The van der Waals surface area contributed by atoms with Gasteiger partial charge in [0.2, 0.25) is 0 Å². The minimum Gasteiger partial charge on any atom is -0.463 e. The average Bonchev–Trinajstić information content (AvgIpc) is 2.66. The van der Waals surface area contributed by atoms with Gasteiger partial charge in [0.1, 0.15) is 18.3 Å². The summed E-state index contributed by atoms with van der Waals surface area (Å²) in [6, 6.07) is 0. The molecular weight excluding hydrogens is 432 g/mol. The van der Waals surface area contributed by atoms with Crippen LogP contribution in [-0.2, 0) is 33.3 Å². The van der Waals surface area contributed by atoms with Crippen LogP contribution < -0.4 is 0 Å². The van der Waals surface area contributed by atoms with Gasteiger partial charge in [0, 0.05) is 26.2 Å². The molecule has 0 aliphatic carbocycles. The molecule has 0 saturated carbocycles. The standard InChI is InChI=1S/C24H42O9/c1-7-8-23-31-16(4)11-20(32-23)12-19(27)13-21(10-15(3)30-18(6)26)33-24(29)14(2)9-22(28)17(5)25/h14-17,19-21,23,25,27H,7-13H2,1-6H3. The van der Waals surface area contributed by atoms with Crippen LogP contribution in [0.5, 0.6) is 0 Å². The third-order valence-corrected chi connectivity index (χ3v) is 5.54. The molecule has 0 bridgehead atoms. The Hall–Kier alpha value is -1.55. The number of carbonyl (C=O) groups is 3. The molecule has 0 aromatic heterocycles. The van der Waals surface area contributed by atoms with Crippen molar-refractivity contribution in [1.82, 2.24) is 0 Å². The lowest BCUT2D eigenvalue weighted by Crippen LogP contribution is -2.39. The van der Waals surface area contributed by atoms with Gasteiger partial charge in [-0.2, -0.15) is 0 Å². The van der Waals surface area contributed by atoms with Crippen LogP contribution in [0, 0.1) is 5.92 Å². The normalized spacial score (nSPS) is 25.4. The quantitative estimate of drug-likeness (QED) is 0.365. The Bertz CT molecular complexity index is 621. The maximum Gasteiger partial charge on any atom is 0.309 e. The Morgan fingerprint density at radius 2 is 1.73 bits per heavy atom. The van der Waals surface area contributed by atoms with Crippen LogP contribution in [0.4, 0.5) is 0 Å². The molecule has 1 fully saturated rings. The van der Waals surface area contributed by atoms with E-state index in [-0.39, 0.29) is 37.8 Å². The molecule has 8 unspecified atom stereocenters. The van der Waals surface area contributed by atoms with Crippen molar-refractivity contribution >= 4 is 17.7 Å². The third kappa shape index (κ3) is 11.9. The number of carbonyl (C=O) groups excluding carboxylic acids is 3. The summed E-state index contributed by atoms with van der Waals surface area (Å²) in [7, 11) is 0. The Kier molecular flexibility index (Phi) is 13.1. The SMILES string of the molecule is CCCC1OC(C)CC(CC(O)CC(CC(C)OC(C)=O)OC(=O)C(C)CC(=O)C(C)O)O1. The van der Waals surface area contributed by atoms with Crippen LogP contribution in [0.3, 0.4) is 0 Å². The van der Waals surface area contributed by atoms with Gasteiger partial charge < -0.3 is 29.2 Å². The maximum atomic E-state index is 12.6. The number of aliphatic hydroxyl groups excluding tert-OH is 2. The smallest absolute Gasteiger partial charge is 0.309 e. The van der Waals surface area contributed by atoms with Crippen molar-refractivity contribution < 1.29 is 43.5 Å². The summed E-state index contributed by atoms with van der Waals surface area (Å²) in [6.07, 6.45) is -0.700. The van der Waals surface area contributed by atoms with Crippen LogP contribution in [0.2, 0.25) is 0 Å². The number of ether oxygens (including phenoxy) is 4. The summed E-state index contributed by atoms with van der Waals surface area (Å²) in [5.74, 6) is -2.24. The van der Waals surface area contributed by atoms with E-state index in [1.807, 2.05) is 6.92 Å². The van der Waals surface area contributed by atoms with Crippen molar-refractivity contribution in [2.45, 2.75) is 129 Å². The monoisotopic (exact) mass is 474 g/mol. The summed E-state index contributed by atoms with van der Waals surface area (Å²) < 4.78 is 22.5. The molecule has 1 aliphatic heterocycles. The Morgan fingerprint density at radius 1 is 1.06 bits per heavy atom. The highest BCUT2D eigenvalue weighted by atomic mass is 16.7. The van der Waals surface area contributed by atoms with E-state index in [2.05, 4.69) is 6.92 Å². The van der Waals surface area contributed by atoms with E-state index in [0.717, 1.165) is 12.8 Å². The summed E-state index contributed by atoms with van der Waals surface area (Å²) in [4.78, 5) is 35.6. The fourth-order valence-corrected chi connectivity index (χ4v) is 3.94. The van der Waals surface area contributed by atoms with Crippen molar-refractivity contribution in [2.24, 2.45) is 5.92 Å². The van der Waals surface area contributed by atoms with Crippen LogP contribution in [0.1, 0.15) is 86.5 Å². The lowest BCUT2D eigenvalue weighted by Gasteiger charge is -2.35. The van der Waals surface area contributed by atoms with Crippen LogP contribution in [0.15, 0.2) is 0 Å². The summed E-state index contributed by atoms with van der Waals surface area (Å²) in [5.41, 5.74) is 0. The minimum absolute atomic E-state index is 0.0254. The second-order valence-corrected chi connectivity index (χ2v) is 9.25. The van der Waals surface area contributed by atoms with Gasteiger partial charge in [-0.3, -0.25) is 14.4 Å². The van der Waals surface area contributed by atoms with Crippen LogP contribution in [-0.4, -0.2) is 70.8 Å². The molecule has 9 heteroatoms. The zero-order valence-corrected chi connectivity index (χ0v) is 20.8. The van der Waals surface area contributed by atoms with Gasteiger partial charge in [-0.1, -0.05) is 20.3 Å². The molecule has 1 aliphatic rings. The third-order valence-electron chi connectivity index (χ3n) is 5.54. The lowest BCUT2D eigenvalue weighted by molar-refractivity contribution is -0.245. The van der Waals surface area contributed by atoms with E-state index in [9.17, 15) is 24.6 Å². The first kappa shape index (κ1) is 29.5. The Morgan fingerprint density at radius 3 is 2.30 bits per heavy atom. The highest BCUT2D eigenvalue weighted by molar-refractivity contribution is 5.86.